The largest absolute Gasteiger partial charge is 0.469 e. The molecule has 6 rings (SSSR count). The Labute approximate surface area is 216 Å². The van der Waals surface area contributed by atoms with Gasteiger partial charge < -0.3 is 9.64 Å². The summed E-state index contributed by atoms with van der Waals surface area (Å²) in [6, 6.07) is 10.8. The molecule has 0 aliphatic carbocycles. The Bertz CT molecular complexity index is 1440. The van der Waals surface area contributed by atoms with Crippen LogP contribution in [0, 0.1) is 25.3 Å². The van der Waals surface area contributed by atoms with E-state index in [-0.39, 0.29) is 6.10 Å². The number of pyridine rings is 2. The Balaban J connectivity index is 1.23. The van der Waals surface area contributed by atoms with Crippen LogP contribution in [0.5, 0.6) is 5.88 Å². The molecule has 6 heterocycles. The lowest BCUT2D eigenvalue weighted by Crippen LogP contribution is -2.55. The first kappa shape index (κ1) is 23.4. The molecule has 4 aromatic rings. The lowest BCUT2D eigenvalue weighted by atomic mass is 9.97. The van der Waals surface area contributed by atoms with Crippen LogP contribution in [0.2, 0.25) is 0 Å². The molecule has 0 amide bonds. The van der Waals surface area contributed by atoms with Crippen molar-refractivity contribution in [2.45, 2.75) is 51.8 Å². The molecule has 1 unspecified atom stereocenters. The Morgan fingerprint density at radius 2 is 1.89 bits per heavy atom. The van der Waals surface area contributed by atoms with Gasteiger partial charge in [0.15, 0.2) is 6.19 Å². The van der Waals surface area contributed by atoms with Crippen LogP contribution >= 0.6 is 0 Å². The SMILES string of the molecule is Cc1c(-c2cc(OC(C)c3ccccn3)n3c(C)cnc3c2)nnn1C1CN(C2CCN(C#N)CC2)C1. The molecule has 190 valence electrons. The van der Waals surface area contributed by atoms with Gasteiger partial charge in [-0.1, -0.05) is 11.3 Å². The second-order valence-electron chi connectivity index (χ2n) is 10.1. The maximum absolute atomic E-state index is 9.10. The Hall–Kier alpha value is -3.97. The number of nitriles is 1. The molecule has 10 nitrogen and oxygen atoms in total. The van der Waals surface area contributed by atoms with Crippen molar-refractivity contribution in [1.29, 1.82) is 5.26 Å². The van der Waals surface area contributed by atoms with Gasteiger partial charge in [0.2, 0.25) is 5.88 Å². The molecular weight excluding hydrogens is 466 g/mol. The molecule has 2 aliphatic heterocycles. The Morgan fingerprint density at radius 3 is 2.62 bits per heavy atom. The second kappa shape index (κ2) is 9.48. The number of fused-ring (bicyclic) bond motifs is 1. The van der Waals surface area contributed by atoms with Crippen molar-refractivity contribution >= 4 is 5.65 Å². The van der Waals surface area contributed by atoms with Crippen molar-refractivity contribution in [3.8, 4) is 23.3 Å². The van der Waals surface area contributed by atoms with E-state index in [9.17, 15) is 0 Å². The number of aromatic nitrogens is 6. The van der Waals surface area contributed by atoms with Gasteiger partial charge in [0.25, 0.3) is 0 Å². The van der Waals surface area contributed by atoms with Gasteiger partial charge in [-0.15, -0.1) is 5.10 Å². The van der Waals surface area contributed by atoms with Gasteiger partial charge in [-0.3, -0.25) is 14.3 Å². The van der Waals surface area contributed by atoms with E-state index >= 15 is 0 Å². The summed E-state index contributed by atoms with van der Waals surface area (Å²) in [6.45, 7) is 9.75. The highest BCUT2D eigenvalue weighted by atomic mass is 16.5. The second-order valence-corrected chi connectivity index (χ2v) is 10.1. The van der Waals surface area contributed by atoms with Crippen molar-refractivity contribution in [1.82, 2.24) is 39.2 Å². The number of piperidine rings is 1. The van der Waals surface area contributed by atoms with Crippen molar-refractivity contribution in [2.24, 2.45) is 0 Å². The summed E-state index contributed by atoms with van der Waals surface area (Å²) in [5, 5.41) is 18.2. The molecule has 1 atom stereocenters. The number of hydrogen-bond donors (Lipinski definition) is 0. The molecule has 0 aromatic carbocycles. The predicted molar refractivity (Wildman–Crippen MR) is 138 cm³/mol. The minimum absolute atomic E-state index is 0.223. The van der Waals surface area contributed by atoms with Crippen molar-refractivity contribution in [3.05, 3.63) is 59.8 Å². The highest BCUT2D eigenvalue weighted by Crippen LogP contribution is 2.33. The lowest BCUT2D eigenvalue weighted by molar-refractivity contribution is 0.0265. The maximum atomic E-state index is 9.10. The van der Waals surface area contributed by atoms with Crippen LogP contribution in [0.15, 0.2) is 42.7 Å². The normalized spacial score (nSPS) is 18.1. The molecule has 10 heteroatoms. The maximum Gasteiger partial charge on any atom is 0.200 e. The molecule has 2 aliphatic rings. The van der Waals surface area contributed by atoms with E-state index in [1.807, 2.05) is 59.7 Å². The summed E-state index contributed by atoms with van der Waals surface area (Å²) < 4.78 is 10.5. The number of nitrogens with zero attached hydrogens (tertiary/aromatic N) is 9. The van der Waals surface area contributed by atoms with Gasteiger partial charge in [0, 0.05) is 61.9 Å². The third kappa shape index (κ3) is 4.29. The monoisotopic (exact) mass is 497 g/mol. The third-order valence-electron chi connectivity index (χ3n) is 7.71. The zero-order valence-corrected chi connectivity index (χ0v) is 21.4. The summed E-state index contributed by atoms with van der Waals surface area (Å²) in [5.41, 5.74) is 5.50. The van der Waals surface area contributed by atoms with E-state index in [1.54, 1.807) is 6.20 Å². The number of ether oxygens (including phenoxy) is 1. The molecule has 0 N–H and O–H groups in total. The molecule has 4 aromatic heterocycles. The molecule has 0 bridgehead atoms. The summed E-state index contributed by atoms with van der Waals surface area (Å²) in [6.07, 6.45) is 7.77. The Kier molecular flexibility index (Phi) is 6.00. The fraction of sp³-hybridized carbons (Fsp3) is 0.444. The van der Waals surface area contributed by atoms with Crippen LogP contribution in [0.3, 0.4) is 0 Å². The van der Waals surface area contributed by atoms with Crippen LogP contribution in [-0.4, -0.2) is 71.4 Å². The Morgan fingerprint density at radius 1 is 1.08 bits per heavy atom. The predicted octanol–water partition coefficient (Wildman–Crippen LogP) is 3.55. The van der Waals surface area contributed by atoms with Crippen molar-refractivity contribution < 1.29 is 4.74 Å². The number of hydrogen-bond acceptors (Lipinski definition) is 8. The average Bonchev–Trinajstić information content (AvgIpc) is 3.46. The standard InChI is InChI=1S/C27H31N9O/c1-18-14-30-25-12-21(13-26(35(18)25)37-20(3)24-6-4-5-9-29-24)27-19(2)36(32-31-27)23-15-34(16-23)22-7-10-33(17-28)11-8-22/h4-6,9,12-14,20,22-23H,7-8,10-11,15-16H2,1-3H3. The van der Waals surface area contributed by atoms with E-state index in [0.717, 1.165) is 73.0 Å². The van der Waals surface area contributed by atoms with Crippen molar-refractivity contribution in [2.75, 3.05) is 26.2 Å². The highest BCUT2D eigenvalue weighted by Gasteiger charge is 2.36. The van der Waals surface area contributed by atoms with Gasteiger partial charge in [-0.05, 0) is 51.8 Å². The fourth-order valence-electron chi connectivity index (χ4n) is 5.53. The first-order valence-corrected chi connectivity index (χ1v) is 12.9. The van der Waals surface area contributed by atoms with Crippen molar-refractivity contribution in [3.63, 3.8) is 0 Å². The smallest absolute Gasteiger partial charge is 0.200 e. The van der Waals surface area contributed by atoms with Gasteiger partial charge in [0.05, 0.1) is 17.4 Å². The number of aryl methyl sites for hydroxylation is 1. The zero-order chi connectivity index (χ0) is 25.5. The van der Waals surface area contributed by atoms with Crippen LogP contribution in [0.1, 0.15) is 49.0 Å². The molecule has 0 radical (unpaired) electrons. The minimum atomic E-state index is -0.223. The summed E-state index contributed by atoms with van der Waals surface area (Å²) in [7, 11) is 0. The van der Waals surface area contributed by atoms with Crippen LogP contribution in [0.25, 0.3) is 16.9 Å². The quantitative estimate of drug-likeness (QED) is 0.373. The van der Waals surface area contributed by atoms with Gasteiger partial charge >= 0.3 is 0 Å². The molecule has 37 heavy (non-hydrogen) atoms. The average molecular weight is 498 g/mol. The molecule has 2 saturated heterocycles. The molecule has 0 spiro atoms. The van der Waals surface area contributed by atoms with E-state index in [4.69, 9.17) is 10.00 Å². The lowest BCUT2D eigenvalue weighted by Gasteiger charge is -2.46. The zero-order valence-electron chi connectivity index (χ0n) is 21.4. The summed E-state index contributed by atoms with van der Waals surface area (Å²) in [4.78, 5) is 13.4. The third-order valence-corrected chi connectivity index (χ3v) is 7.71. The number of likely N-dealkylation sites (tertiary alicyclic amines) is 2. The van der Waals surface area contributed by atoms with Crippen LogP contribution in [0.4, 0.5) is 0 Å². The topological polar surface area (TPSA) is 100 Å². The van der Waals surface area contributed by atoms with E-state index in [1.165, 1.54) is 0 Å². The van der Waals surface area contributed by atoms with Gasteiger partial charge in [-0.2, -0.15) is 5.26 Å². The fourth-order valence-corrected chi connectivity index (χ4v) is 5.53. The number of rotatable bonds is 6. The van der Waals surface area contributed by atoms with Gasteiger partial charge in [-0.25, -0.2) is 9.67 Å². The van der Waals surface area contributed by atoms with E-state index in [2.05, 4.69) is 43.0 Å². The minimum Gasteiger partial charge on any atom is -0.469 e. The number of imidazole rings is 1. The summed E-state index contributed by atoms with van der Waals surface area (Å²) in [5.74, 6) is 0.702. The molecular formula is C27H31N9O. The van der Waals surface area contributed by atoms with Crippen LogP contribution in [-0.2, 0) is 0 Å². The first-order valence-electron chi connectivity index (χ1n) is 12.9. The highest BCUT2D eigenvalue weighted by molar-refractivity contribution is 5.68. The molecule has 2 fully saturated rings. The summed E-state index contributed by atoms with van der Waals surface area (Å²) >= 11 is 0. The van der Waals surface area contributed by atoms with E-state index < -0.39 is 0 Å². The first-order chi connectivity index (χ1) is 18.0. The van der Waals surface area contributed by atoms with Gasteiger partial charge in [0.1, 0.15) is 17.4 Å². The molecule has 0 saturated carbocycles. The van der Waals surface area contributed by atoms with E-state index in [0.29, 0.717) is 18.0 Å². The van der Waals surface area contributed by atoms with Crippen LogP contribution < -0.4 is 4.74 Å².